The van der Waals surface area contributed by atoms with Gasteiger partial charge in [0, 0.05) is 23.4 Å². The number of aromatic amines is 1. The molecule has 0 aliphatic heterocycles. The van der Waals surface area contributed by atoms with Crippen LogP contribution in [-0.4, -0.2) is 12.0 Å². The number of benzene rings is 1. The van der Waals surface area contributed by atoms with Gasteiger partial charge in [0.15, 0.2) is 0 Å². The first-order valence-electron chi connectivity index (χ1n) is 4.31. The van der Waals surface area contributed by atoms with Crippen LogP contribution in [0.3, 0.4) is 0 Å². The number of nitrogens with two attached hydrogens (primary N) is 1. The molecule has 0 saturated carbocycles. The maximum absolute atomic E-state index is 5.67. The smallest absolute Gasteiger partial charge is 0.0477 e. The predicted octanol–water partition coefficient (Wildman–Crippen LogP) is 1.47. The fourth-order valence-electron chi connectivity index (χ4n) is 1.49. The van der Waals surface area contributed by atoms with E-state index in [4.69, 9.17) is 5.73 Å². The summed E-state index contributed by atoms with van der Waals surface area (Å²) >= 11 is 0. The Morgan fingerprint density at radius 3 is 3.00 bits per heavy atom. The molecule has 3 nitrogen and oxygen atoms in total. The average Bonchev–Trinajstić information content (AvgIpc) is 2.46. The van der Waals surface area contributed by atoms with Gasteiger partial charge in [-0.05, 0) is 30.6 Å². The van der Waals surface area contributed by atoms with Gasteiger partial charge >= 0.3 is 0 Å². The highest BCUT2D eigenvalue weighted by Crippen LogP contribution is 2.17. The summed E-state index contributed by atoms with van der Waals surface area (Å²) in [7, 11) is 1.93. The van der Waals surface area contributed by atoms with Gasteiger partial charge in [0.2, 0.25) is 0 Å². The highest BCUT2D eigenvalue weighted by molar-refractivity contribution is 5.83. The minimum absolute atomic E-state index is 0.797. The molecule has 0 fully saturated rings. The summed E-state index contributed by atoms with van der Waals surface area (Å²) in [5.74, 6) is 0. The van der Waals surface area contributed by atoms with Gasteiger partial charge in [0.25, 0.3) is 0 Å². The number of fused-ring (bicyclic) bond motifs is 1. The van der Waals surface area contributed by atoms with E-state index < -0.39 is 0 Å². The first-order valence-corrected chi connectivity index (χ1v) is 4.31. The van der Waals surface area contributed by atoms with E-state index in [-0.39, 0.29) is 0 Å². The molecule has 0 aliphatic rings. The Balaban J connectivity index is 2.49. The summed E-state index contributed by atoms with van der Waals surface area (Å²) in [4.78, 5) is 3.29. The van der Waals surface area contributed by atoms with E-state index in [0.717, 1.165) is 17.7 Å². The summed E-state index contributed by atoms with van der Waals surface area (Å²) in [5.41, 5.74) is 8.75. The maximum atomic E-state index is 5.67. The van der Waals surface area contributed by atoms with Crippen LogP contribution >= 0.6 is 0 Å². The normalized spacial score (nSPS) is 10.8. The zero-order valence-electron chi connectivity index (χ0n) is 7.59. The van der Waals surface area contributed by atoms with Gasteiger partial charge in [0.1, 0.15) is 0 Å². The molecule has 0 amide bonds. The Morgan fingerprint density at radius 2 is 2.23 bits per heavy atom. The van der Waals surface area contributed by atoms with Crippen LogP contribution in [0, 0.1) is 0 Å². The average molecular weight is 175 g/mol. The molecule has 0 bridgehead atoms. The van der Waals surface area contributed by atoms with E-state index in [1.807, 2.05) is 25.2 Å². The number of aromatic nitrogens is 1. The van der Waals surface area contributed by atoms with Crippen molar-refractivity contribution in [1.29, 1.82) is 0 Å². The van der Waals surface area contributed by atoms with Gasteiger partial charge in [-0.1, -0.05) is 6.07 Å². The quantitative estimate of drug-likeness (QED) is 0.605. The second-order valence-electron chi connectivity index (χ2n) is 3.17. The third-order valence-electron chi connectivity index (χ3n) is 2.07. The van der Waals surface area contributed by atoms with Gasteiger partial charge < -0.3 is 16.0 Å². The highest BCUT2D eigenvalue weighted by atomic mass is 14.9. The third-order valence-corrected chi connectivity index (χ3v) is 2.07. The molecule has 0 spiro atoms. The number of nitrogens with one attached hydrogen (secondary N) is 2. The van der Waals surface area contributed by atoms with Crippen molar-refractivity contribution >= 4 is 16.6 Å². The lowest BCUT2D eigenvalue weighted by molar-refractivity contribution is 0.800. The Labute approximate surface area is 76.9 Å². The molecule has 0 atom stereocenters. The molecular weight excluding hydrogens is 162 g/mol. The number of nitrogen functional groups attached to an aromatic ring is 1. The van der Waals surface area contributed by atoms with Crippen molar-refractivity contribution in [3.8, 4) is 0 Å². The number of anilines is 1. The maximum Gasteiger partial charge on any atom is 0.0477 e. The van der Waals surface area contributed by atoms with E-state index >= 15 is 0 Å². The monoisotopic (exact) mass is 175 g/mol. The molecule has 0 radical (unpaired) electrons. The summed E-state index contributed by atoms with van der Waals surface area (Å²) in [5, 5.41) is 4.30. The molecule has 0 saturated heterocycles. The SMILES string of the molecule is CNCc1cc2ccc(N)cc2[nH]1. The Morgan fingerprint density at radius 1 is 1.38 bits per heavy atom. The van der Waals surface area contributed by atoms with Crippen molar-refractivity contribution in [2.45, 2.75) is 6.54 Å². The Bertz CT molecular complexity index is 417. The molecule has 68 valence electrons. The van der Waals surface area contributed by atoms with E-state index in [2.05, 4.69) is 16.4 Å². The molecule has 2 rings (SSSR count). The van der Waals surface area contributed by atoms with E-state index in [9.17, 15) is 0 Å². The van der Waals surface area contributed by atoms with Gasteiger partial charge in [-0.2, -0.15) is 0 Å². The van der Waals surface area contributed by atoms with Gasteiger partial charge in [-0.3, -0.25) is 0 Å². The van der Waals surface area contributed by atoms with Crippen LogP contribution in [0.4, 0.5) is 5.69 Å². The van der Waals surface area contributed by atoms with E-state index in [0.29, 0.717) is 0 Å². The lowest BCUT2D eigenvalue weighted by Crippen LogP contribution is -2.04. The van der Waals surface area contributed by atoms with Gasteiger partial charge in [0.05, 0.1) is 0 Å². The summed E-state index contributed by atoms with van der Waals surface area (Å²) in [6, 6.07) is 8.03. The predicted molar refractivity (Wildman–Crippen MR) is 55.5 cm³/mol. The van der Waals surface area contributed by atoms with Gasteiger partial charge in [-0.25, -0.2) is 0 Å². The lowest BCUT2D eigenvalue weighted by atomic mass is 10.2. The molecule has 0 aliphatic carbocycles. The third kappa shape index (κ3) is 1.51. The van der Waals surface area contributed by atoms with Crippen molar-refractivity contribution in [1.82, 2.24) is 10.3 Å². The number of hydrogen-bond donors (Lipinski definition) is 3. The minimum Gasteiger partial charge on any atom is -0.399 e. The number of rotatable bonds is 2. The van der Waals surface area contributed by atoms with E-state index in [1.165, 1.54) is 11.1 Å². The van der Waals surface area contributed by atoms with Crippen LogP contribution < -0.4 is 11.1 Å². The van der Waals surface area contributed by atoms with Crippen molar-refractivity contribution in [2.24, 2.45) is 0 Å². The standard InChI is InChI=1S/C10H13N3/c1-12-6-9-4-7-2-3-8(11)5-10(7)13-9/h2-5,12-13H,6,11H2,1H3. The largest absolute Gasteiger partial charge is 0.399 e. The highest BCUT2D eigenvalue weighted by Gasteiger charge is 1.99. The second kappa shape index (κ2) is 3.11. The van der Waals surface area contributed by atoms with Crippen molar-refractivity contribution < 1.29 is 0 Å². The van der Waals surface area contributed by atoms with Crippen molar-refractivity contribution in [2.75, 3.05) is 12.8 Å². The minimum atomic E-state index is 0.797. The molecule has 4 N–H and O–H groups in total. The molecular formula is C10H13N3. The fourth-order valence-corrected chi connectivity index (χ4v) is 1.49. The number of hydrogen-bond acceptors (Lipinski definition) is 2. The molecule has 3 heteroatoms. The summed E-state index contributed by atoms with van der Waals surface area (Å²) < 4.78 is 0. The molecule has 2 aromatic rings. The summed E-state index contributed by atoms with van der Waals surface area (Å²) in [6.45, 7) is 0.856. The Kier molecular flexibility index (Phi) is 1.94. The molecule has 0 unspecified atom stereocenters. The van der Waals surface area contributed by atoms with Crippen LogP contribution in [0.15, 0.2) is 24.3 Å². The van der Waals surface area contributed by atoms with Crippen molar-refractivity contribution in [3.63, 3.8) is 0 Å². The molecule has 1 aromatic carbocycles. The van der Waals surface area contributed by atoms with Crippen LogP contribution in [0.25, 0.3) is 10.9 Å². The molecule has 1 heterocycles. The summed E-state index contributed by atoms with van der Waals surface area (Å²) in [6.07, 6.45) is 0. The molecule has 1 aromatic heterocycles. The second-order valence-corrected chi connectivity index (χ2v) is 3.17. The van der Waals surface area contributed by atoms with Gasteiger partial charge in [-0.15, -0.1) is 0 Å². The van der Waals surface area contributed by atoms with Crippen LogP contribution in [0.2, 0.25) is 0 Å². The van der Waals surface area contributed by atoms with E-state index in [1.54, 1.807) is 0 Å². The van der Waals surface area contributed by atoms with Crippen LogP contribution in [-0.2, 0) is 6.54 Å². The van der Waals surface area contributed by atoms with Crippen LogP contribution in [0.5, 0.6) is 0 Å². The van der Waals surface area contributed by atoms with Crippen molar-refractivity contribution in [3.05, 3.63) is 30.0 Å². The topological polar surface area (TPSA) is 53.8 Å². The zero-order valence-corrected chi connectivity index (χ0v) is 7.59. The first-order chi connectivity index (χ1) is 6.29. The molecule has 13 heavy (non-hydrogen) atoms. The first kappa shape index (κ1) is 8.13. The fraction of sp³-hybridized carbons (Fsp3) is 0.200. The zero-order chi connectivity index (χ0) is 9.26. The lowest BCUT2D eigenvalue weighted by Gasteiger charge is -1.92. The van der Waals surface area contributed by atoms with Crippen LogP contribution in [0.1, 0.15) is 5.69 Å². The Hall–Kier alpha value is -1.48. The number of H-pyrrole nitrogens is 1.